The number of tetrazole rings is 1. The van der Waals surface area contributed by atoms with Gasteiger partial charge in [-0.15, -0.1) is 5.10 Å². The van der Waals surface area contributed by atoms with Gasteiger partial charge in [0.05, 0.1) is 13.1 Å². The second-order valence-electron chi connectivity index (χ2n) is 3.53. The molecule has 0 atom stereocenters. The second-order valence-corrected chi connectivity index (χ2v) is 3.53. The largest absolute Gasteiger partial charge is 0.296 e. The van der Waals surface area contributed by atoms with Crippen molar-refractivity contribution in [3.8, 4) is 11.4 Å². The van der Waals surface area contributed by atoms with E-state index < -0.39 is 0 Å². The van der Waals surface area contributed by atoms with Crippen molar-refractivity contribution < 1.29 is 0 Å². The van der Waals surface area contributed by atoms with Crippen LogP contribution in [-0.4, -0.2) is 26.9 Å². The smallest absolute Gasteiger partial charge is 0.182 e. The summed E-state index contributed by atoms with van der Waals surface area (Å²) in [6, 6.07) is 6.21. The predicted molar refractivity (Wildman–Crippen MR) is 55.6 cm³/mol. The third kappa shape index (κ3) is 1.16. The topological polar surface area (TPSA) is 56.0 Å². The molecule has 1 aromatic carbocycles. The molecule has 0 bridgehead atoms. The van der Waals surface area contributed by atoms with Crippen molar-refractivity contribution in [1.29, 1.82) is 0 Å². The average molecular weight is 199 g/mol. The highest BCUT2D eigenvalue weighted by Crippen LogP contribution is 2.29. The van der Waals surface area contributed by atoms with Gasteiger partial charge in [-0.1, -0.05) is 18.2 Å². The minimum Gasteiger partial charge on any atom is -0.296 e. The molecule has 1 aliphatic heterocycles. The first kappa shape index (κ1) is 8.28. The number of aromatic nitrogens is 4. The maximum Gasteiger partial charge on any atom is 0.182 e. The lowest BCUT2D eigenvalue weighted by atomic mass is 10.1. The van der Waals surface area contributed by atoms with Crippen molar-refractivity contribution in [1.82, 2.24) is 20.2 Å². The number of fused-ring (bicyclic) bond motifs is 3. The van der Waals surface area contributed by atoms with Gasteiger partial charge in [0.25, 0.3) is 0 Å². The van der Waals surface area contributed by atoms with Gasteiger partial charge in [0.2, 0.25) is 0 Å². The molecule has 0 aliphatic carbocycles. The molecule has 2 aromatic rings. The minimum atomic E-state index is 0.654. The van der Waals surface area contributed by atoms with Crippen molar-refractivity contribution in [2.24, 2.45) is 4.99 Å². The predicted octanol–water partition coefficient (Wildman–Crippen LogP) is 0.902. The second kappa shape index (κ2) is 2.98. The molecule has 0 spiro atoms. The van der Waals surface area contributed by atoms with Crippen molar-refractivity contribution in [3.63, 3.8) is 0 Å². The van der Waals surface area contributed by atoms with Crippen molar-refractivity contribution in [2.45, 2.75) is 13.1 Å². The van der Waals surface area contributed by atoms with E-state index in [2.05, 4.69) is 33.3 Å². The lowest BCUT2D eigenvalue weighted by Crippen LogP contribution is -1.95. The van der Waals surface area contributed by atoms with E-state index in [0.717, 1.165) is 17.9 Å². The SMILES string of the molecule is C=NCc1ccc2c(c1)Cn1nnnc1-2. The summed E-state index contributed by atoms with van der Waals surface area (Å²) < 4.78 is 1.80. The van der Waals surface area contributed by atoms with Crippen molar-refractivity contribution >= 4 is 6.72 Å². The Labute approximate surface area is 86.5 Å². The van der Waals surface area contributed by atoms with Crippen LogP contribution in [0.5, 0.6) is 0 Å². The van der Waals surface area contributed by atoms with Crippen LogP contribution in [0.25, 0.3) is 11.4 Å². The first-order valence-corrected chi connectivity index (χ1v) is 4.69. The summed E-state index contributed by atoms with van der Waals surface area (Å²) in [5.74, 6) is 0.850. The van der Waals surface area contributed by atoms with E-state index in [1.54, 1.807) is 4.68 Å². The zero-order valence-corrected chi connectivity index (χ0v) is 8.09. The molecule has 1 aliphatic rings. The van der Waals surface area contributed by atoms with E-state index in [4.69, 9.17) is 0 Å². The third-order valence-corrected chi connectivity index (χ3v) is 2.56. The highest BCUT2D eigenvalue weighted by molar-refractivity contribution is 5.64. The molecule has 5 nitrogen and oxygen atoms in total. The van der Waals surface area contributed by atoms with Gasteiger partial charge in [0.1, 0.15) is 0 Å². The Balaban J connectivity index is 2.09. The summed E-state index contributed by atoms with van der Waals surface area (Å²) in [5, 5.41) is 11.5. The van der Waals surface area contributed by atoms with Gasteiger partial charge < -0.3 is 0 Å². The molecule has 0 radical (unpaired) electrons. The van der Waals surface area contributed by atoms with Gasteiger partial charge in [-0.3, -0.25) is 4.99 Å². The van der Waals surface area contributed by atoms with Gasteiger partial charge in [0, 0.05) is 5.56 Å². The molecule has 0 N–H and O–H groups in total. The molecule has 0 fully saturated rings. The third-order valence-electron chi connectivity index (χ3n) is 2.56. The molecule has 0 unspecified atom stereocenters. The first-order chi connectivity index (χ1) is 7.38. The first-order valence-electron chi connectivity index (χ1n) is 4.69. The van der Waals surface area contributed by atoms with E-state index in [1.165, 1.54) is 11.1 Å². The Morgan fingerprint density at radius 2 is 2.40 bits per heavy atom. The van der Waals surface area contributed by atoms with Gasteiger partial charge in [0.15, 0.2) is 5.82 Å². The maximum absolute atomic E-state index is 3.98. The van der Waals surface area contributed by atoms with Crippen LogP contribution < -0.4 is 0 Å². The Kier molecular flexibility index (Phi) is 1.65. The summed E-state index contributed by atoms with van der Waals surface area (Å²) in [6.45, 7) is 4.90. The normalized spacial score (nSPS) is 12.3. The minimum absolute atomic E-state index is 0.654. The molecule has 0 amide bonds. The fraction of sp³-hybridized carbons (Fsp3) is 0.200. The Morgan fingerprint density at radius 3 is 3.27 bits per heavy atom. The van der Waals surface area contributed by atoms with E-state index in [-0.39, 0.29) is 0 Å². The van der Waals surface area contributed by atoms with Gasteiger partial charge >= 0.3 is 0 Å². The summed E-state index contributed by atoms with van der Waals surface area (Å²) in [5.41, 5.74) is 3.52. The van der Waals surface area contributed by atoms with Crippen molar-refractivity contribution in [3.05, 3.63) is 29.3 Å². The fourth-order valence-electron chi connectivity index (χ4n) is 1.89. The summed E-state index contributed by atoms with van der Waals surface area (Å²) in [4.78, 5) is 3.87. The quantitative estimate of drug-likeness (QED) is 0.576. The summed E-state index contributed by atoms with van der Waals surface area (Å²) in [7, 11) is 0. The Hall–Kier alpha value is -2.04. The zero-order valence-electron chi connectivity index (χ0n) is 8.09. The molecular weight excluding hydrogens is 190 g/mol. The average Bonchev–Trinajstić information content (AvgIpc) is 2.77. The van der Waals surface area contributed by atoms with Crippen LogP contribution in [0.2, 0.25) is 0 Å². The number of rotatable bonds is 2. The van der Waals surface area contributed by atoms with Crippen LogP contribution >= 0.6 is 0 Å². The van der Waals surface area contributed by atoms with Crippen LogP contribution in [0, 0.1) is 0 Å². The summed E-state index contributed by atoms with van der Waals surface area (Å²) >= 11 is 0. The molecule has 74 valence electrons. The standard InChI is InChI=1S/C10H9N5/c1-11-5-7-2-3-9-8(4-7)6-15-10(9)12-13-14-15/h2-4H,1,5-6H2. The number of hydrogen-bond donors (Lipinski definition) is 0. The molecule has 15 heavy (non-hydrogen) atoms. The molecule has 2 heterocycles. The Morgan fingerprint density at radius 1 is 1.47 bits per heavy atom. The van der Waals surface area contributed by atoms with E-state index in [1.807, 2.05) is 12.1 Å². The van der Waals surface area contributed by atoms with Gasteiger partial charge in [-0.25, -0.2) is 4.68 Å². The Bertz CT molecular complexity index is 528. The molecule has 0 saturated carbocycles. The number of hydrogen-bond acceptors (Lipinski definition) is 4. The molecule has 3 rings (SSSR count). The summed E-state index contributed by atoms with van der Waals surface area (Å²) in [6.07, 6.45) is 0. The zero-order chi connectivity index (χ0) is 10.3. The highest BCUT2D eigenvalue weighted by Gasteiger charge is 2.20. The lowest BCUT2D eigenvalue weighted by molar-refractivity contribution is 0.670. The van der Waals surface area contributed by atoms with Crippen LogP contribution in [0.3, 0.4) is 0 Å². The maximum atomic E-state index is 3.98. The van der Waals surface area contributed by atoms with Crippen LogP contribution in [0.4, 0.5) is 0 Å². The lowest BCUT2D eigenvalue weighted by Gasteiger charge is -2.00. The number of nitrogens with zero attached hydrogens (tertiary/aromatic N) is 5. The fourth-order valence-corrected chi connectivity index (χ4v) is 1.89. The monoisotopic (exact) mass is 199 g/mol. The van der Waals surface area contributed by atoms with Crippen molar-refractivity contribution in [2.75, 3.05) is 0 Å². The number of aliphatic imine (C=N–C) groups is 1. The van der Waals surface area contributed by atoms with Gasteiger partial charge in [-0.05, 0) is 28.3 Å². The molecular formula is C10H9N5. The van der Waals surface area contributed by atoms with E-state index >= 15 is 0 Å². The van der Waals surface area contributed by atoms with Gasteiger partial charge in [-0.2, -0.15) is 0 Å². The molecule has 0 saturated heterocycles. The van der Waals surface area contributed by atoms with Crippen LogP contribution in [0.15, 0.2) is 23.2 Å². The van der Waals surface area contributed by atoms with Crippen LogP contribution in [-0.2, 0) is 13.1 Å². The highest BCUT2D eigenvalue weighted by atomic mass is 15.5. The molecule has 1 aromatic heterocycles. The van der Waals surface area contributed by atoms with E-state index in [0.29, 0.717) is 6.54 Å². The van der Waals surface area contributed by atoms with E-state index in [9.17, 15) is 0 Å². The van der Waals surface area contributed by atoms with Crippen LogP contribution in [0.1, 0.15) is 11.1 Å². The molecule has 5 heteroatoms. The number of benzene rings is 1.